The summed E-state index contributed by atoms with van der Waals surface area (Å²) in [6.45, 7) is 0. The van der Waals surface area contributed by atoms with Crippen LogP contribution in [-0.4, -0.2) is 33.0 Å². The summed E-state index contributed by atoms with van der Waals surface area (Å²) in [7, 11) is 1.48. The van der Waals surface area contributed by atoms with E-state index in [0.29, 0.717) is 17.0 Å². The van der Waals surface area contributed by atoms with Crippen molar-refractivity contribution >= 4 is 69.4 Å². The number of alkyl halides is 3. The standard InChI is InChI=1S/C17H15Cl3N4O4S/c1-28-13-4-2-3-10(9-13)14(25)22-15(17(18,19)20)23-16(29)21-11-5-7-12(8-6-11)24(26)27/h2-9,15H,1H3,(H,22,25)(H2,21,23,29). The van der Waals surface area contributed by atoms with Crippen LogP contribution in [0.1, 0.15) is 10.4 Å². The Morgan fingerprint density at radius 1 is 1.17 bits per heavy atom. The minimum atomic E-state index is -1.93. The first-order valence-electron chi connectivity index (χ1n) is 7.94. The molecule has 12 heteroatoms. The summed E-state index contributed by atoms with van der Waals surface area (Å²) >= 11 is 23.0. The largest absolute Gasteiger partial charge is 0.497 e. The van der Waals surface area contributed by atoms with E-state index in [1.54, 1.807) is 18.2 Å². The zero-order valence-corrected chi connectivity index (χ0v) is 17.9. The number of nitro benzene ring substituents is 1. The van der Waals surface area contributed by atoms with Crippen LogP contribution in [0.15, 0.2) is 48.5 Å². The molecule has 1 atom stereocenters. The molecule has 1 unspecified atom stereocenters. The predicted molar refractivity (Wildman–Crippen MR) is 117 cm³/mol. The number of non-ortho nitro benzene ring substituents is 1. The number of thiocarbonyl (C=S) groups is 1. The van der Waals surface area contributed by atoms with Gasteiger partial charge in [0.1, 0.15) is 11.9 Å². The van der Waals surface area contributed by atoms with Crippen molar-refractivity contribution < 1.29 is 14.5 Å². The lowest BCUT2D eigenvalue weighted by atomic mass is 10.2. The van der Waals surface area contributed by atoms with Gasteiger partial charge in [-0.1, -0.05) is 40.9 Å². The number of hydrogen-bond acceptors (Lipinski definition) is 5. The Balaban J connectivity index is 2.07. The van der Waals surface area contributed by atoms with Crippen molar-refractivity contribution in [1.29, 1.82) is 0 Å². The second-order valence-electron chi connectivity index (χ2n) is 5.58. The first-order chi connectivity index (χ1) is 13.6. The summed E-state index contributed by atoms with van der Waals surface area (Å²) in [5.41, 5.74) is 0.689. The van der Waals surface area contributed by atoms with Gasteiger partial charge in [0, 0.05) is 23.4 Å². The molecule has 2 aromatic rings. The molecular weight excluding hydrogens is 463 g/mol. The van der Waals surface area contributed by atoms with E-state index in [-0.39, 0.29) is 10.8 Å². The summed E-state index contributed by atoms with van der Waals surface area (Å²) in [6, 6.07) is 12.0. The van der Waals surface area contributed by atoms with Gasteiger partial charge < -0.3 is 20.7 Å². The number of methoxy groups -OCH3 is 1. The predicted octanol–water partition coefficient (Wildman–Crippen LogP) is 4.02. The third kappa shape index (κ3) is 6.90. The average Bonchev–Trinajstić information content (AvgIpc) is 2.67. The lowest BCUT2D eigenvalue weighted by molar-refractivity contribution is -0.384. The number of amides is 1. The number of ether oxygens (including phenoxy) is 1. The number of nitrogens with zero attached hydrogens (tertiary/aromatic N) is 1. The summed E-state index contributed by atoms with van der Waals surface area (Å²) in [5.74, 6) is -0.0303. The second-order valence-corrected chi connectivity index (χ2v) is 8.36. The van der Waals surface area contributed by atoms with E-state index in [0.717, 1.165) is 0 Å². The van der Waals surface area contributed by atoms with Gasteiger partial charge in [0.15, 0.2) is 5.11 Å². The fourth-order valence-corrected chi connectivity index (χ4v) is 2.71. The maximum absolute atomic E-state index is 12.5. The molecule has 0 spiro atoms. The van der Waals surface area contributed by atoms with Crippen molar-refractivity contribution in [2.24, 2.45) is 0 Å². The number of rotatable bonds is 6. The Hall–Kier alpha value is -2.33. The van der Waals surface area contributed by atoms with Gasteiger partial charge >= 0.3 is 0 Å². The van der Waals surface area contributed by atoms with Crippen molar-refractivity contribution in [3.8, 4) is 5.75 Å². The van der Waals surface area contributed by atoms with Crippen LogP contribution in [-0.2, 0) is 0 Å². The third-order valence-electron chi connectivity index (χ3n) is 3.55. The molecule has 8 nitrogen and oxygen atoms in total. The first kappa shape index (κ1) is 23.0. The molecule has 0 aliphatic heterocycles. The summed E-state index contributed by atoms with van der Waals surface area (Å²) < 4.78 is 3.15. The molecule has 2 aromatic carbocycles. The van der Waals surface area contributed by atoms with Gasteiger partial charge in [-0.15, -0.1) is 0 Å². The smallest absolute Gasteiger partial charge is 0.269 e. The van der Waals surface area contributed by atoms with E-state index in [1.807, 2.05) is 0 Å². The lowest BCUT2D eigenvalue weighted by Crippen LogP contribution is -2.56. The second kappa shape index (κ2) is 9.93. The van der Waals surface area contributed by atoms with Gasteiger partial charge in [-0.2, -0.15) is 0 Å². The number of carbonyl (C=O) groups is 1. The van der Waals surface area contributed by atoms with Crippen molar-refractivity contribution in [3.05, 3.63) is 64.2 Å². The van der Waals surface area contributed by atoms with Crippen LogP contribution >= 0.6 is 47.0 Å². The molecule has 0 heterocycles. The number of nitro groups is 1. The molecule has 0 aromatic heterocycles. The highest BCUT2D eigenvalue weighted by Gasteiger charge is 2.35. The zero-order valence-electron chi connectivity index (χ0n) is 14.8. The Bertz CT molecular complexity index is 906. The van der Waals surface area contributed by atoms with E-state index in [1.165, 1.54) is 37.4 Å². The van der Waals surface area contributed by atoms with Crippen LogP contribution in [0.3, 0.4) is 0 Å². The Morgan fingerprint density at radius 3 is 2.38 bits per heavy atom. The van der Waals surface area contributed by atoms with E-state index in [2.05, 4.69) is 16.0 Å². The van der Waals surface area contributed by atoms with Gasteiger partial charge in [-0.25, -0.2) is 0 Å². The first-order valence-corrected chi connectivity index (χ1v) is 9.48. The van der Waals surface area contributed by atoms with Crippen molar-refractivity contribution in [2.45, 2.75) is 9.96 Å². The molecule has 0 saturated heterocycles. The fraction of sp³-hybridized carbons (Fsp3) is 0.176. The van der Waals surface area contributed by atoms with Crippen LogP contribution in [0.5, 0.6) is 5.75 Å². The topological polar surface area (TPSA) is 106 Å². The van der Waals surface area contributed by atoms with Crippen LogP contribution < -0.4 is 20.7 Å². The lowest BCUT2D eigenvalue weighted by Gasteiger charge is -2.27. The molecule has 3 N–H and O–H groups in total. The zero-order chi connectivity index (χ0) is 21.6. The maximum Gasteiger partial charge on any atom is 0.269 e. The van der Waals surface area contributed by atoms with Crippen LogP contribution in [0, 0.1) is 10.1 Å². The number of nitrogens with one attached hydrogen (secondary N) is 3. The molecule has 0 aliphatic carbocycles. The van der Waals surface area contributed by atoms with Crippen molar-refractivity contribution in [3.63, 3.8) is 0 Å². The normalized spacial score (nSPS) is 11.9. The summed E-state index contributed by atoms with van der Waals surface area (Å²) in [5, 5.41) is 18.8. The van der Waals surface area contributed by atoms with Crippen LogP contribution in [0.25, 0.3) is 0 Å². The third-order valence-corrected chi connectivity index (χ3v) is 4.42. The SMILES string of the molecule is COc1cccc(C(=O)NC(NC(=S)Nc2ccc([N+](=O)[O-])cc2)C(Cl)(Cl)Cl)c1. The molecule has 0 fully saturated rings. The van der Waals surface area contributed by atoms with Gasteiger partial charge in [0.05, 0.1) is 12.0 Å². The Kier molecular flexibility index (Phi) is 7.86. The van der Waals surface area contributed by atoms with Gasteiger partial charge in [0.2, 0.25) is 3.79 Å². The van der Waals surface area contributed by atoms with E-state index >= 15 is 0 Å². The van der Waals surface area contributed by atoms with Gasteiger partial charge in [0.25, 0.3) is 11.6 Å². The number of halogens is 3. The highest BCUT2D eigenvalue weighted by atomic mass is 35.6. The van der Waals surface area contributed by atoms with Crippen LogP contribution in [0.2, 0.25) is 0 Å². The molecule has 29 heavy (non-hydrogen) atoms. The molecule has 154 valence electrons. The highest BCUT2D eigenvalue weighted by Crippen LogP contribution is 2.29. The quantitative estimate of drug-likeness (QED) is 0.190. The minimum Gasteiger partial charge on any atom is -0.497 e. The summed E-state index contributed by atoms with van der Waals surface area (Å²) in [4.78, 5) is 22.7. The van der Waals surface area contributed by atoms with E-state index in [4.69, 9.17) is 51.8 Å². The highest BCUT2D eigenvalue weighted by molar-refractivity contribution is 7.80. The Labute approximate surface area is 186 Å². The Morgan fingerprint density at radius 2 is 1.83 bits per heavy atom. The minimum absolute atomic E-state index is 0.0288. The molecule has 0 radical (unpaired) electrons. The van der Waals surface area contributed by atoms with Crippen molar-refractivity contribution in [2.75, 3.05) is 12.4 Å². The number of anilines is 1. The fourth-order valence-electron chi connectivity index (χ4n) is 2.14. The van der Waals surface area contributed by atoms with Crippen molar-refractivity contribution in [1.82, 2.24) is 10.6 Å². The molecule has 0 bridgehead atoms. The maximum atomic E-state index is 12.5. The van der Waals surface area contributed by atoms with Gasteiger partial charge in [-0.05, 0) is 42.5 Å². The average molecular weight is 478 g/mol. The molecule has 2 rings (SSSR count). The number of hydrogen-bond donors (Lipinski definition) is 3. The van der Waals surface area contributed by atoms with Gasteiger partial charge in [-0.3, -0.25) is 14.9 Å². The number of carbonyl (C=O) groups excluding carboxylic acids is 1. The molecular formula is C17H15Cl3N4O4S. The van der Waals surface area contributed by atoms with E-state index in [9.17, 15) is 14.9 Å². The summed E-state index contributed by atoms with van der Waals surface area (Å²) in [6.07, 6.45) is -1.18. The monoisotopic (exact) mass is 476 g/mol. The molecule has 0 aliphatic rings. The van der Waals surface area contributed by atoms with E-state index < -0.39 is 20.8 Å². The molecule has 0 saturated carbocycles. The number of benzene rings is 2. The molecule has 1 amide bonds. The van der Waals surface area contributed by atoms with Crippen LogP contribution in [0.4, 0.5) is 11.4 Å².